The summed E-state index contributed by atoms with van der Waals surface area (Å²) >= 11 is 0. The van der Waals surface area contributed by atoms with E-state index in [1.165, 1.54) is 0 Å². The van der Waals surface area contributed by atoms with Crippen LogP contribution in [0.1, 0.15) is 91.9 Å². The molecule has 5 nitrogen and oxygen atoms in total. The van der Waals surface area contributed by atoms with Crippen LogP contribution in [0.5, 0.6) is 0 Å². The van der Waals surface area contributed by atoms with Crippen LogP contribution in [0.15, 0.2) is 0 Å². The number of carbonyl (C=O) groups is 2. The van der Waals surface area contributed by atoms with Crippen molar-refractivity contribution in [3.63, 3.8) is 0 Å². The second-order valence-electron chi connectivity index (χ2n) is 10.3. The smallest absolute Gasteiger partial charge is 0.314 e. The molecule has 5 heteroatoms. The summed E-state index contributed by atoms with van der Waals surface area (Å²) in [6.07, 6.45) is 8.57. The average Bonchev–Trinajstić information content (AvgIpc) is 3.13. The Balaban J connectivity index is 1.94. The Kier molecular flexibility index (Phi) is 6.79. The van der Waals surface area contributed by atoms with Crippen molar-refractivity contribution in [2.75, 3.05) is 13.1 Å². The van der Waals surface area contributed by atoms with Gasteiger partial charge in [-0.25, -0.2) is 0 Å². The van der Waals surface area contributed by atoms with Gasteiger partial charge in [0.2, 0.25) is 0 Å². The van der Waals surface area contributed by atoms with Crippen LogP contribution in [0.25, 0.3) is 0 Å². The maximum Gasteiger partial charge on any atom is 0.314 e. The van der Waals surface area contributed by atoms with Crippen molar-refractivity contribution in [3.8, 4) is 0 Å². The van der Waals surface area contributed by atoms with E-state index in [9.17, 15) is 9.59 Å². The lowest BCUT2D eigenvalue weighted by Gasteiger charge is -2.32. The van der Waals surface area contributed by atoms with E-state index in [0.29, 0.717) is 13.1 Å². The maximum absolute atomic E-state index is 12.5. The van der Waals surface area contributed by atoms with E-state index in [0.717, 1.165) is 51.4 Å². The van der Waals surface area contributed by atoms with Crippen LogP contribution in [0, 0.1) is 21.7 Å². The molecule has 0 amide bonds. The normalized spacial score (nSPS) is 31.8. The zero-order chi connectivity index (χ0) is 20.3. The van der Waals surface area contributed by atoms with Gasteiger partial charge in [0.15, 0.2) is 0 Å². The van der Waals surface area contributed by atoms with Crippen LogP contribution in [-0.4, -0.2) is 25.0 Å². The second kappa shape index (κ2) is 8.20. The van der Waals surface area contributed by atoms with E-state index in [2.05, 4.69) is 27.7 Å². The molecule has 0 spiro atoms. The highest BCUT2D eigenvalue weighted by atomic mass is 16.6. The van der Waals surface area contributed by atoms with Crippen molar-refractivity contribution in [2.45, 2.75) is 91.9 Å². The van der Waals surface area contributed by atoms with Gasteiger partial charge in [0.25, 0.3) is 0 Å². The molecule has 2 unspecified atom stereocenters. The molecule has 156 valence electrons. The zero-order valence-corrected chi connectivity index (χ0v) is 17.9. The summed E-state index contributed by atoms with van der Waals surface area (Å²) in [5.74, 6) is -0.844. The molecule has 2 rings (SSSR count). The molecule has 2 saturated carbocycles. The molecule has 4 N–H and O–H groups in total. The Morgan fingerprint density at radius 3 is 1.59 bits per heavy atom. The third-order valence-electron chi connectivity index (χ3n) is 7.75. The summed E-state index contributed by atoms with van der Waals surface area (Å²) in [6.45, 7) is 9.78. The molecule has 2 aliphatic rings. The molecule has 2 atom stereocenters. The Morgan fingerprint density at radius 1 is 0.778 bits per heavy atom. The van der Waals surface area contributed by atoms with E-state index < -0.39 is 11.9 Å². The highest BCUT2D eigenvalue weighted by Crippen LogP contribution is 2.54. The SMILES string of the molecule is CCC1(CC)CCC(CN)(CC(=O)OC(=O)CC2(CN)CCC(C)(C)C2)C1. The van der Waals surface area contributed by atoms with Crippen LogP contribution in [0.3, 0.4) is 0 Å². The molecular weight excluding hydrogens is 340 g/mol. The van der Waals surface area contributed by atoms with Crippen molar-refractivity contribution >= 4 is 11.9 Å². The maximum atomic E-state index is 12.5. The van der Waals surface area contributed by atoms with Crippen molar-refractivity contribution in [1.82, 2.24) is 0 Å². The first-order valence-corrected chi connectivity index (χ1v) is 10.7. The minimum Gasteiger partial charge on any atom is -0.393 e. The number of esters is 2. The quantitative estimate of drug-likeness (QED) is 0.491. The fourth-order valence-electron chi connectivity index (χ4n) is 5.76. The van der Waals surface area contributed by atoms with Gasteiger partial charge in [0, 0.05) is 0 Å². The van der Waals surface area contributed by atoms with Crippen LogP contribution in [0.2, 0.25) is 0 Å². The van der Waals surface area contributed by atoms with Gasteiger partial charge in [-0.2, -0.15) is 0 Å². The summed E-state index contributed by atoms with van der Waals surface area (Å²) in [6, 6.07) is 0. The highest BCUT2D eigenvalue weighted by Gasteiger charge is 2.47. The minimum absolute atomic E-state index is 0.195. The number of hydrogen-bond donors (Lipinski definition) is 2. The van der Waals surface area contributed by atoms with E-state index >= 15 is 0 Å². The second-order valence-corrected chi connectivity index (χ2v) is 10.3. The fourth-order valence-corrected chi connectivity index (χ4v) is 5.76. The van der Waals surface area contributed by atoms with E-state index in [1.807, 2.05) is 0 Å². The number of nitrogens with two attached hydrogens (primary N) is 2. The van der Waals surface area contributed by atoms with Crippen LogP contribution in [-0.2, 0) is 14.3 Å². The van der Waals surface area contributed by atoms with Gasteiger partial charge in [-0.15, -0.1) is 0 Å². The van der Waals surface area contributed by atoms with Gasteiger partial charge in [-0.1, -0.05) is 40.5 Å². The molecule has 0 bridgehead atoms. The first kappa shape index (κ1) is 22.4. The van der Waals surface area contributed by atoms with Gasteiger partial charge in [0.05, 0.1) is 12.8 Å². The summed E-state index contributed by atoms with van der Waals surface area (Å²) < 4.78 is 5.24. The van der Waals surface area contributed by atoms with Crippen molar-refractivity contribution < 1.29 is 14.3 Å². The molecule has 0 aromatic rings. The topological polar surface area (TPSA) is 95.4 Å². The predicted octanol–water partition coefficient (Wildman–Crippen LogP) is 3.93. The van der Waals surface area contributed by atoms with E-state index in [1.54, 1.807) is 0 Å². The van der Waals surface area contributed by atoms with Gasteiger partial charge in [-0.05, 0) is 73.3 Å². The first-order chi connectivity index (χ1) is 12.6. The molecule has 0 heterocycles. The Labute approximate surface area is 165 Å². The molecule has 2 fully saturated rings. The van der Waals surface area contributed by atoms with Gasteiger partial charge in [-0.3, -0.25) is 9.59 Å². The van der Waals surface area contributed by atoms with Crippen LogP contribution < -0.4 is 11.5 Å². The fraction of sp³-hybridized carbons (Fsp3) is 0.909. The standard InChI is InChI=1S/C22H40N2O3/c1-5-20(6-2)9-10-22(14-20,16-24)12-18(26)27-17(25)11-21(15-23)8-7-19(3,4)13-21/h5-16,23-24H2,1-4H3. The molecule has 0 aromatic carbocycles. The lowest BCUT2D eigenvalue weighted by molar-refractivity contribution is -0.162. The summed E-state index contributed by atoms with van der Waals surface area (Å²) in [5.41, 5.74) is 12.1. The minimum atomic E-state index is -0.425. The molecule has 2 aliphatic carbocycles. The monoisotopic (exact) mass is 380 g/mol. The molecule has 27 heavy (non-hydrogen) atoms. The predicted molar refractivity (Wildman–Crippen MR) is 108 cm³/mol. The van der Waals surface area contributed by atoms with Crippen molar-refractivity contribution in [2.24, 2.45) is 33.1 Å². The van der Waals surface area contributed by atoms with E-state index in [4.69, 9.17) is 16.2 Å². The third kappa shape index (κ3) is 5.11. The molecule has 0 radical (unpaired) electrons. The summed E-state index contributed by atoms with van der Waals surface area (Å²) in [7, 11) is 0. The summed E-state index contributed by atoms with van der Waals surface area (Å²) in [5, 5.41) is 0. The number of carbonyl (C=O) groups excluding carboxylic acids is 2. The average molecular weight is 381 g/mol. The molecular formula is C22H40N2O3. The molecule has 0 aromatic heterocycles. The Hall–Kier alpha value is -0.940. The lowest BCUT2D eigenvalue weighted by atomic mass is 9.75. The number of rotatable bonds is 8. The summed E-state index contributed by atoms with van der Waals surface area (Å²) in [4.78, 5) is 25.0. The van der Waals surface area contributed by atoms with Crippen LogP contribution in [0.4, 0.5) is 0 Å². The Morgan fingerprint density at radius 2 is 1.22 bits per heavy atom. The largest absolute Gasteiger partial charge is 0.393 e. The highest BCUT2D eigenvalue weighted by molar-refractivity contribution is 5.86. The molecule has 0 aliphatic heterocycles. The van der Waals surface area contributed by atoms with E-state index in [-0.39, 0.29) is 34.5 Å². The van der Waals surface area contributed by atoms with Crippen LogP contribution >= 0.6 is 0 Å². The lowest BCUT2D eigenvalue weighted by Crippen LogP contribution is -2.35. The Bertz CT molecular complexity index is 556. The number of hydrogen-bond acceptors (Lipinski definition) is 5. The molecule has 0 saturated heterocycles. The van der Waals surface area contributed by atoms with Crippen molar-refractivity contribution in [3.05, 3.63) is 0 Å². The van der Waals surface area contributed by atoms with Gasteiger partial charge >= 0.3 is 11.9 Å². The number of ether oxygens (including phenoxy) is 1. The first-order valence-electron chi connectivity index (χ1n) is 10.7. The van der Waals surface area contributed by atoms with Gasteiger partial charge < -0.3 is 16.2 Å². The zero-order valence-electron chi connectivity index (χ0n) is 17.9. The van der Waals surface area contributed by atoms with Gasteiger partial charge in [0.1, 0.15) is 0 Å². The van der Waals surface area contributed by atoms with Crippen molar-refractivity contribution in [1.29, 1.82) is 0 Å². The third-order valence-corrected chi connectivity index (χ3v) is 7.75.